The predicted octanol–water partition coefficient (Wildman–Crippen LogP) is 4.24. The van der Waals surface area contributed by atoms with Crippen molar-refractivity contribution in [2.75, 3.05) is 7.11 Å². The molecule has 1 fully saturated rings. The highest BCUT2D eigenvalue weighted by molar-refractivity contribution is 9.10. The summed E-state index contributed by atoms with van der Waals surface area (Å²) in [6.45, 7) is 4.01. The number of hydrogen-bond acceptors (Lipinski definition) is 5. The fraction of sp³-hybridized carbons (Fsp3) is 0.421. The Kier molecular flexibility index (Phi) is 5.76. The summed E-state index contributed by atoms with van der Waals surface area (Å²) in [5, 5.41) is 6.99. The van der Waals surface area contributed by atoms with E-state index >= 15 is 0 Å². The second-order valence-corrected chi connectivity index (χ2v) is 7.63. The summed E-state index contributed by atoms with van der Waals surface area (Å²) in [6, 6.07) is 5.30. The molecule has 0 spiro atoms. The Morgan fingerprint density at radius 1 is 1.42 bits per heavy atom. The van der Waals surface area contributed by atoms with Crippen LogP contribution in [0, 0.1) is 5.92 Å². The van der Waals surface area contributed by atoms with Crippen molar-refractivity contribution < 1.29 is 14.1 Å². The summed E-state index contributed by atoms with van der Waals surface area (Å²) >= 11 is 3.42. The van der Waals surface area contributed by atoms with Crippen LogP contribution in [0.2, 0.25) is 0 Å². The molecule has 2 aromatic rings. The van der Waals surface area contributed by atoms with Gasteiger partial charge < -0.3 is 14.6 Å². The van der Waals surface area contributed by atoms with Gasteiger partial charge in [0.25, 0.3) is 0 Å². The topological polar surface area (TPSA) is 77.2 Å². The fourth-order valence-corrected chi connectivity index (χ4v) is 2.98. The monoisotopic (exact) mass is 419 g/mol. The largest absolute Gasteiger partial charge is 0.496 e. The van der Waals surface area contributed by atoms with E-state index in [1.54, 1.807) is 13.2 Å². The Morgan fingerprint density at radius 2 is 2.19 bits per heavy atom. The van der Waals surface area contributed by atoms with Crippen LogP contribution in [-0.2, 0) is 4.79 Å². The van der Waals surface area contributed by atoms with Crippen molar-refractivity contribution in [3.63, 3.8) is 0 Å². The normalized spacial score (nSPS) is 15.4. The number of halogens is 1. The standard InChI is InChI=1S/C19H22BrN3O3/c1-11(2)17(19-22-18(23-26-19)12-4-5-12)21-16(24)9-6-13-10-14(20)7-8-15(13)25-3/h6-12,17H,4-5H2,1-3H3,(H,21,24)/b9-6+. The van der Waals surface area contributed by atoms with E-state index in [1.165, 1.54) is 6.08 Å². The molecule has 6 nitrogen and oxygen atoms in total. The molecule has 1 amide bonds. The molecular formula is C19H22BrN3O3. The first kappa shape index (κ1) is 18.6. The van der Waals surface area contributed by atoms with Crippen LogP contribution in [0.25, 0.3) is 6.08 Å². The number of carbonyl (C=O) groups excluding carboxylic acids is 1. The van der Waals surface area contributed by atoms with Crippen molar-refractivity contribution in [1.82, 2.24) is 15.5 Å². The Hall–Kier alpha value is -2.15. The van der Waals surface area contributed by atoms with E-state index in [-0.39, 0.29) is 17.9 Å². The second-order valence-electron chi connectivity index (χ2n) is 6.71. The van der Waals surface area contributed by atoms with Crippen LogP contribution in [0.1, 0.15) is 55.9 Å². The van der Waals surface area contributed by atoms with Gasteiger partial charge in [-0.05, 0) is 43.0 Å². The minimum atomic E-state index is -0.323. The molecule has 1 atom stereocenters. The predicted molar refractivity (Wildman–Crippen MR) is 102 cm³/mol. The summed E-state index contributed by atoms with van der Waals surface area (Å²) in [5.74, 6) is 2.22. The van der Waals surface area contributed by atoms with Gasteiger partial charge in [0.2, 0.25) is 11.8 Å². The smallest absolute Gasteiger partial charge is 0.249 e. The molecule has 1 aromatic heterocycles. The lowest BCUT2D eigenvalue weighted by Crippen LogP contribution is -2.30. The number of hydrogen-bond donors (Lipinski definition) is 1. The highest BCUT2D eigenvalue weighted by Gasteiger charge is 2.31. The van der Waals surface area contributed by atoms with Gasteiger partial charge in [-0.15, -0.1) is 0 Å². The third-order valence-electron chi connectivity index (χ3n) is 4.24. The number of ether oxygens (including phenoxy) is 1. The Labute approximate surface area is 161 Å². The van der Waals surface area contributed by atoms with Crippen molar-refractivity contribution in [2.45, 2.75) is 38.6 Å². The molecule has 1 aliphatic carbocycles. The van der Waals surface area contributed by atoms with E-state index < -0.39 is 0 Å². The molecular weight excluding hydrogens is 398 g/mol. The number of benzene rings is 1. The van der Waals surface area contributed by atoms with E-state index in [0.29, 0.717) is 17.6 Å². The molecule has 0 saturated heterocycles. The van der Waals surface area contributed by atoms with E-state index in [9.17, 15) is 4.79 Å². The number of nitrogens with one attached hydrogen (secondary N) is 1. The van der Waals surface area contributed by atoms with Gasteiger partial charge in [-0.2, -0.15) is 4.98 Å². The zero-order valence-electron chi connectivity index (χ0n) is 15.0. The molecule has 1 saturated carbocycles. The first-order valence-electron chi connectivity index (χ1n) is 8.63. The minimum Gasteiger partial charge on any atom is -0.496 e. The van der Waals surface area contributed by atoms with Crippen molar-refractivity contribution >= 4 is 27.9 Å². The minimum absolute atomic E-state index is 0.125. The molecule has 1 heterocycles. The summed E-state index contributed by atoms with van der Waals surface area (Å²) in [6.07, 6.45) is 5.42. The molecule has 1 aromatic carbocycles. The van der Waals surface area contributed by atoms with Crippen LogP contribution < -0.4 is 10.1 Å². The van der Waals surface area contributed by atoms with Crippen LogP contribution in [0.3, 0.4) is 0 Å². The van der Waals surface area contributed by atoms with Crippen molar-refractivity contribution in [1.29, 1.82) is 0 Å². The lowest BCUT2D eigenvalue weighted by atomic mass is 10.0. The number of methoxy groups -OCH3 is 1. The highest BCUT2D eigenvalue weighted by atomic mass is 79.9. The molecule has 7 heteroatoms. The van der Waals surface area contributed by atoms with Gasteiger partial charge in [-0.3, -0.25) is 4.79 Å². The maximum Gasteiger partial charge on any atom is 0.249 e. The Balaban J connectivity index is 1.71. The third kappa shape index (κ3) is 4.52. The SMILES string of the molecule is COc1ccc(Br)cc1/C=C/C(=O)NC(c1nc(C2CC2)no1)C(C)C. The van der Waals surface area contributed by atoms with E-state index in [4.69, 9.17) is 9.26 Å². The molecule has 3 rings (SSSR count). The van der Waals surface area contributed by atoms with Crippen molar-refractivity contribution in [3.05, 3.63) is 46.0 Å². The zero-order valence-corrected chi connectivity index (χ0v) is 16.6. The maximum absolute atomic E-state index is 12.4. The quantitative estimate of drug-likeness (QED) is 0.678. The molecule has 1 aliphatic rings. The van der Waals surface area contributed by atoms with Gasteiger partial charge in [0, 0.05) is 22.0 Å². The first-order valence-corrected chi connectivity index (χ1v) is 9.43. The molecule has 0 radical (unpaired) electrons. The molecule has 0 bridgehead atoms. The Bertz CT molecular complexity index is 812. The van der Waals surface area contributed by atoms with Crippen LogP contribution in [0.4, 0.5) is 0 Å². The maximum atomic E-state index is 12.4. The number of nitrogens with zero attached hydrogens (tertiary/aromatic N) is 2. The van der Waals surface area contributed by atoms with Crippen LogP contribution >= 0.6 is 15.9 Å². The molecule has 138 valence electrons. The third-order valence-corrected chi connectivity index (χ3v) is 4.73. The fourth-order valence-electron chi connectivity index (χ4n) is 2.60. The van der Waals surface area contributed by atoms with Crippen LogP contribution in [-0.4, -0.2) is 23.2 Å². The summed E-state index contributed by atoms with van der Waals surface area (Å²) in [5.41, 5.74) is 0.812. The molecule has 1 unspecified atom stereocenters. The zero-order chi connectivity index (χ0) is 18.7. The number of rotatable bonds is 7. The highest BCUT2D eigenvalue weighted by Crippen LogP contribution is 2.38. The first-order chi connectivity index (χ1) is 12.5. The lowest BCUT2D eigenvalue weighted by molar-refractivity contribution is -0.117. The van der Waals surface area contributed by atoms with E-state index in [2.05, 4.69) is 31.4 Å². The summed E-state index contributed by atoms with van der Waals surface area (Å²) < 4.78 is 11.6. The van der Waals surface area contributed by atoms with Gasteiger partial charge in [0.05, 0.1) is 7.11 Å². The molecule has 0 aliphatic heterocycles. The van der Waals surface area contributed by atoms with E-state index in [1.807, 2.05) is 32.0 Å². The summed E-state index contributed by atoms with van der Waals surface area (Å²) in [7, 11) is 1.60. The van der Waals surface area contributed by atoms with Gasteiger partial charge in [0.1, 0.15) is 11.8 Å². The number of carbonyl (C=O) groups is 1. The van der Waals surface area contributed by atoms with Crippen molar-refractivity contribution in [2.24, 2.45) is 5.92 Å². The van der Waals surface area contributed by atoms with Gasteiger partial charge >= 0.3 is 0 Å². The summed E-state index contributed by atoms with van der Waals surface area (Å²) in [4.78, 5) is 16.9. The number of aromatic nitrogens is 2. The lowest BCUT2D eigenvalue weighted by Gasteiger charge is -2.17. The van der Waals surface area contributed by atoms with Gasteiger partial charge in [-0.25, -0.2) is 0 Å². The van der Waals surface area contributed by atoms with Gasteiger partial charge in [0.15, 0.2) is 5.82 Å². The van der Waals surface area contributed by atoms with Crippen molar-refractivity contribution in [3.8, 4) is 5.75 Å². The molecule has 26 heavy (non-hydrogen) atoms. The van der Waals surface area contributed by atoms with Crippen LogP contribution in [0.5, 0.6) is 5.75 Å². The number of amides is 1. The second kappa shape index (κ2) is 8.03. The Morgan fingerprint density at radius 3 is 2.85 bits per heavy atom. The average molecular weight is 420 g/mol. The van der Waals surface area contributed by atoms with Gasteiger partial charge in [-0.1, -0.05) is 34.9 Å². The average Bonchev–Trinajstić information content (AvgIpc) is 3.35. The van der Waals surface area contributed by atoms with Crippen LogP contribution in [0.15, 0.2) is 33.3 Å². The molecule has 1 N–H and O–H groups in total. The van der Waals surface area contributed by atoms with E-state index in [0.717, 1.165) is 28.7 Å².